The van der Waals surface area contributed by atoms with Gasteiger partial charge in [0, 0.05) is 23.6 Å². The average molecular weight is 404 g/mol. The van der Waals surface area contributed by atoms with Crippen LogP contribution in [0.1, 0.15) is 15.9 Å². The summed E-state index contributed by atoms with van der Waals surface area (Å²) >= 11 is 5.87. The molecule has 144 valence electrons. The van der Waals surface area contributed by atoms with Crippen LogP contribution < -0.4 is 15.4 Å². The van der Waals surface area contributed by atoms with Crippen molar-refractivity contribution >= 4 is 34.6 Å². The third kappa shape index (κ3) is 4.20. The lowest BCUT2D eigenvalue weighted by atomic mass is 10.1. The number of carbonyl (C=O) groups excluding carboxylic acids is 1. The molecule has 8 heteroatoms. The molecular weight excluding hydrogens is 388 g/mol. The number of aromatic nitrogens is 1. The van der Waals surface area contributed by atoms with Gasteiger partial charge in [0.25, 0.3) is 5.91 Å². The fourth-order valence-electron chi connectivity index (χ4n) is 2.58. The van der Waals surface area contributed by atoms with Crippen LogP contribution in [0.25, 0.3) is 0 Å². The zero-order chi connectivity index (χ0) is 20.3. The fourth-order valence-corrected chi connectivity index (χ4v) is 2.74. The number of hydrogen-bond donors (Lipinski definition) is 2. The van der Waals surface area contributed by atoms with Gasteiger partial charge >= 0.3 is 0 Å². The highest BCUT2D eigenvalue weighted by molar-refractivity contribution is 6.31. The van der Waals surface area contributed by atoms with Gasteiger partial charge in [-0.15, -0.1) is 0 Å². The molecule has 1 aromatic heterocycles. The number of anilines is 3. The fraction of sp³-hybridized carbons (Fsp3) is 0.100. The number of nitrogens with one attached hydrogen (secondary N) is 2. The predicted molar refractivity (Wildman–Crippen MR) is 105 cm³/mol. The van der Waals surface area contributed by atoms with E-state index in [2.05, 4.69) is 15.6 Å². The van der Waals surface area contributed by atoms with E-state index < -0.39 is 17.5 Å². The molecule has 0 aliphatic rings. The first kappa shape index (κ1) is 19.6. The van der Waals surface area contributed by atoms with Crippen molar-refractivity contribution in [3.05, 3.63) is 76.4 Å². The molecule has 0 atom stereocenters. The van der Waals surface area contributed by atoms with Gasteiger partial charge in [0.05, 0.1) is 17.8 Å². The molecule has 28 heavy (non-hydrogen) atoms. The molecule has 1 heterocycles. The van der Waals surface area contributed by atoms with Crippen LogP contribution in [0.15, 0.2) is 48.7 Å². The Balaban J connectivity index is 1.96. The molecule has 0 aliphatic carbocycles. The van der Waals surface area contributed by atoms with Crippen LogP contribution in [0.5, 0.6) is 5.88 Å². The van der Waals surface area contributed by atoms with Crippen LogP contribution >= 0.6 is 11.6 Å². The van der Waals surface area contributed by atoms with Gasteiger partial charge < -0.3 is 15.4 Å². The van der Waals surface area contributed by atoms with Gasteiger partial charge in [0.15, 0.2) is 5.82 Å². The molecule has 0 saturated heterocycles. The van der Waals surface area contributed by atoms with Gasteiger partial charge in [-0.05, 0) is 48.9 Å². The first-order chi connectivity index (χ1) is 13.4. The molecule has 0 radical (unpaired) electrons. The highest BCUT2D eigenvalue weighted by Gasteiger charge is 2.21. The lowest BCUT2D eigenvalue weighted by Gasteiger charge is -2.15. The van der Waals surface area contributed by atoms with E-state index in [1.54, 1.807) is 13.0 Å². The highest BCUT2D eigenvalue weighted by Crippen LogP contribution is 2.30. The Morgan fingerprint density at radius 1 is 1.11 bits per heavy atom. The number of nitrogens with zero attached hydrogens (tertiary/aromatic N) is 1. The molecule has 2 aromatic carbocycles. The molecule has 0 aliphatic heterocycles. The molecule has 3 aromatic rings. The summed E-state index contributed by atoms with van der Waals surface area (Å²) in [5.74, 6) is -1.68. The average Bonchev–Trinajstić information content (AvgIpc) is 2.67. The van der Waals surface area contributed by atoms with E-state index in [0.29, 0.717) is 22.8 Å². The maximum atomic E-state index is 14.7. The highest BCUT2D eigenvalue weighted by atomic mass is 35.5. The van der Waals surface area contributed by atoms with Crippen LogP contribution in [0, 0.1) is 18.6 Å². The summed E-state index contributed by atoms with van der Waals surface area (Å²) in [6.07, 6.45) is 1.45. The number of rotatable bonds is 5. The molecule has 0 saturated carbocycles. The molecule has 3 rings (SSSR count). The van der Waals surface area contributed by atoms with Crippen LogP contribution in [0.4, 0.5) is 25.8 Å². The number of pyridine rings is 1. The summed E-state index contributed by atoms with van der Waals surface area (Å²) in [5.41, 5.74) is 1.42. The standard InChI is InChI=1S/C20H16ClF2N3O2/c1-11-9-12(22)3-5-15(11)26-16-6-4-14(21)19(23)18(16)20(27)25-13-7-8-24-17(10-13)28-2/h3-10,26H,1-2H3,(H,24,25,27). The maximum Gasteiger partial charge on any atom is 0.260 e. The lowest BCUT2D eigenvalue weighted by Crippen LogP contribution is -2.16. The zero-order valence-electron chi connectivity index (χ0n) is 15.0. The Hall–Kier alpha value is -3.19. The lowest BCUT2D eigenvalue weighted by molar-refractivity contribution is 0.102. The smallest absolute Gasteiger partial charge is 0.260 e. The third-order valence-electron chi connectivity index (χ3n) is 3.98. The van der Waals surface area contributed by atoms with Crippen LogP contribution in [0.3, 0.4) is 0 Å². The van der Waals surface area contributed by atoms with E-state index in [1.165, 1.54) is 49.7 Å². The van der Waals surface area contributed by atoms with Gasteiger partial charge in [-0.1, -0.05) is 11.6 Å². The van der Waals surface area contributed by atoms with Crippen molar-refractivity contribution in [3.63, 3.8) is 0 Å². The number of amides is 1. The largest absolute Gasteiger partial charge is 0.481 e. The van der Waals surface area contributed by atoms with Crippen molar-refractivity contribution in [2.75, 3.05) is 17.7 Å². The van der Waals surface area contributed by atoms with Gasteiger partial charge in [-0.25, -0.2) is 13.8 Å². The molecule has 0 spiro atoms. The van der Waals surface area contributed by atoms with Crippen LogP contribution in [0.2, 0.25) is 5.02 Å². The number of aryl methyl sites for hydroxylation is 1. The molecule has 1 amide bonds. The molecular formula is C20H16ClF2N3O2. The second kappa shape index (κ2) is 8.22. The quantitative estimate of drug-likeness (QED) is 0.604. The van der Waals surface area contributed by atoms with Crippen molar-refractivity contribution in [2.45, 2.75) is 6.92 Å². The topological polar surface area (TPSA) is 63.2 Å². The zero-order valence-corrected chi connectivity index (χ0v) is 15.8. The minimum Gasteiger partial charge on any atom is -0.481 e. The maximum absolute atomic E-state index is 14.7. The third-order valence-corrected chi connectivity index (χ3v) is 4.27. The molecule has 2 N–H and O–H groups in total. The molecule has 0 fully saturated rings. The Morgan fingerprint density at radius 3 is 2.57 bits per heavy atom. The number of halogens is 3. The van der Waals surface area contributed by atoms with E-state index in [0.717, 1.165) is 0 Å². The van der Waals surface area contributed by atoms with Gasteiger partial charge in [-0.2, -0.15) is 0 Å². The SMILES string of the molecule is COc1cc(NC(=O)c2c(Nc3ccc(F)cc3C)ccc(Cl)c2F)ccn1. The number of benzene rings is 2. The second-order valence-electron chi connectivity index (χ2n) is 5.91. The van der Waals surface area contributed by atoms with E-state index in [-0.39, 0.29) is 16.3 Å². The summed E-state index contributed by atoms with van der Waals surface area (Å²) in [4.78, 5) is 16.7. The predicted octanol–water partition coefficient (Wildman–Crippen LogP) is 5.33. The summed E-state index contributed by atoms with van der Waals surface area (Å²) in [7, 11) is 1.44. The Kier molecular flexibility index (Phi) is 5.75. The van der Waals surface area contributed by atoms with E-state index in [9.17, 15) is 13.6 Å². The molecule has 0 bridgehead atoms. The normalized spacial score (nSPS) is 10.5. The van der Waals surface area contributed by atoms with E-state index in [4.69, 9.17) is 16.3 Å². The Bertz CT molecular complexity index is 1040. The van der Waals surface area contributed by atoms with E-state index in [1.807, 2.05) is 0 Å². The first-order valence-electron chi connectivity index (χ1n) is 8.21. The Labute approximate surface area is 165 Å². The summed E-state index contributed by atoms with van der Waals surface area (Å²) in [5, 5.41) is 5.36. The van der Waals surface area contributed by atoms with Gasteiger partial charge in [-0.3, -0.25) is 4.79 Å². The number of carbonyl (C=O) groups is 1. The summed E-state index contributed by atoms with van der Waals surface area (Å²) in [6.45, 7) is 1.70. The Morgan fingerprint density at radius 2 is 1.86 bits per heavy atom. The van der Waals surface area contributed by atoms with Crippen LogP contribution in [-0.4, -0.2) is 18.0 Å². The molecule has 5 nitrogen and oxygen atoms in total. The van der Waals surface area contributed by atoms with Crippen molar-refractivity contribution in [3.8, 4) is 5.88 Å². The summed E-state index contributed by atoms with van der Waals surface area (Å²) in [6, 6.07) is 9.97. The number of hydrogen-bond acceptors (Lipinski definition) is 4. The van der Waals surface area contributed by atoms with Gasteiger partial charge in [0.1, 0.15) is 11.4 Å². The van der Waals surface area contributed by atoms with Crippen LogP contribution in [-0.2, 0) is 0 Å². The number of ether oxygens (including phenoxy) is 1. The molecule has 0 unspecified atom stereocenters. The van der Waals surface area contributed by atoms with Gasteiger partial charge in [0.2, 0.25) is 5.88 Å². The minimum atomic E-state index is -0.870. The van der Waals surface area contributed by atoms with Crippen molar-refractivity contribution in [1.82, 2.24) is 4.98 Å². The first-order valence-corrected chi connectivity index (χ1v) is 8.59. The minimum absolute atomic E-state index is 0.190. The van der Waals surface area contributed by atoms with Crippen molar-refractivity contribution in [1.29, 1.82) is 0 Å². The number of methoxy groups -OCH3 is 1. The van der Waals surface area contributed by atoms with Crippen molar-refractivity contribution < 1.29 is 18.3 Å². The van der Waals surface area contributed by atoms with Crippen molar-refractivity contribution in [2.24, 2.45) is 0 Å². The summed E-state index contributed by atoms with van der Waals surface area (Å²) < 4.78 is 33.0. The van der Waals surface area contributed by atoms with E-state index >= 15 is 0 Å². The second-order valence-corrected chi connectivity index (χ2v) is 6.32. The monoisotopic (exact) mass is 403 g/mol.